The lowest BCUT2D eigenvalue weighted by Gasteiger charge is -2.43. The van der Waals surface area contributed by atoms with Crippen LogP contribution >= 0.6 is 0 Å². The van der Waals surface area contributed by atoms with Gasteiger partial charge in [-0.3, -0.25) is 4.90 Å². The Morgan fingerprint density at radius 3 is 2.63 bits per heavy atom. The molecule has 0 aromatic heterocycles. The number of likely N-dealkylation sites (N-methyl/N-ethyl adjacent to an activating group) is 2. The standard InChI is InChI=1S/C15H31N3O/c1-12-9-18(10-14(12)17(3)4)13-6-5-7-15(8-13,11-19)16-2/h12-14,16,19H,5-11H2,1-4H3. The van der Waals surface area contributed by atoms with Crippen LogP contribution in [0, 0.1) is 5.92 Å². The first-order valence-corrected chi connectivity index (χ1v) is 7.71. The van der Waals surface area contributed by atoms with E-state index in [-0.39, 0.29) is 12.1 Å². The van der Waals surface area contributed by atoms with Crippen molar-refractivity contribution in [2.75, 3.05) is 40.8 Å². The van der Waals surface area contributed by atoms with Crippen LogP contribution in [0.5, 0.6) is 0 Å². The van der Waals surface area contributed by atoms with Gasteiger partial charge in [0.1, 0.15) is 0 Å². The van der Waals surface area contributed by atoms with Gasteiger partial charge in [0, 0.05) is 30.7 Å². The highest BCUT2D eigenvalue weighted by molar-refractivity contribution is 4.98. The predicted molar refractivity (Wildman–Crippen MR) is 79.3 cm³/mol. The van der Waals surface area contributed by atoms with Gasteiger partial charge in [0.2, 0.25) is 0 Å². The zero-order valence-electron chi connectivity index (χ0n) is 13.0. The smallest absolute Gasteiger partial charge is 0.0613 e. The van der Waals surface area contributed by atoms with E-state index in [0.29, 0.717) is 12.1 Å². The molecule has 1 saturated carbocycles. The van der Waals surface area contributed by atoms with Gasteiger partial charge in [0.25, 0.3) is 0 Å². The topological polar surface area (TPSA) is 38.7 Å². The molecule has 2 aliphatic rings. The van der Waals surface area contributed by atoms with Crippen molar-refractivity contribution < 1.29 is 5.11 Å². The first-order chi connectivity index (χ1) is 9.01. The summed E-state index contributed by atoms with van der Waals surface area (Å²) in [5, 5.41) is 13.1. The molecule has 4 heteroatoms. The van der Waals surface area contributed by atoms with Crippen LogP contribution in [-0.4, -0.2) is 73.4 Å². The lowest BCUT2D eigenvalue weighted by atomic mass is 9.79. The lowest BCUT2D eigenvalue weighted by Crippen LogP contribution is -2.54. The Balaban J connectivity index is 1.99. The van der Waals surface area contributed by atoms with Crippen LogP contribution in [0.15, 0.2) is 0 Å². The van der Waals surface area contributed by atoms with E-state index in [1.54, 1.807) is 0 Å². The number of hydrogen-bond acceptors (Lipinski definition) is 4. The third-order valence-electron chi connectivity index (χ3n) is 5.43. The summed E-state index contributed by atoms with van der Waals surface area (Å²) in [6.07, 6.45) is 4.71. The van der Waals surface area contributed by atoms with Gasteiger partial charge >= 0.3 is 0 Å². The van der Waals surface area contributed by atoms with Crippen molar-refractivity contribution in [3.05, 3.63) is 0 Å². The minimum atomic E-state index is -0.0393. The molecule has 19 heavy (non-hydrogen) atoms. The fourth-order valence-electron chi connectivity index (χ4n) is 4.05. The van der Waals surface area contributed by atoms with Gasteiger partial charge in [-0.25, -0.2) is 0 Å². The van der Waals surface area contributed by atoms with E-state index in [0.717, 1.165) is 18.8 Å². The SMILES string of the molecule is CNC1(CO)CCCC(N2CC(C)C(N(C)C)C2)C1. The molecule has 1 saturated heterocycles. The normalized spacial score (nSPS) is 41.1. The molecule has 112 valence electrons. The average molecular weight is 269 g/mol. The quantitative estimate of drug-likeness (QED) is 0.790. The molecule has 1 heterocycles. The van der Waals surface area contributed by atoms with Crippen LogP contribution in [0.4, 0.5) is 0 Å². The third-order valence-corrected chi connectivity index (χ3v) is 5.43. The monoisotopic (exact) mass is 269 g/mol. The molecule has 2 fully saturated rings. The molecule has 2 N–H and O–H groups in total. The fraction of sp³-hybridized carbons (Fsp3) is 1.00. The third kappa shape index (κ3) is 3.13. The number of hydrogen-bond donors (Lipinski definition) is 2. The zero-order chi connectivity index (χ0) is 14.0. The molecule has 0 aromatic rings. The van der Waals surface area contributed by atoms with Gasteiger partial charge in [-0.1, -0.05) is 6.92 Å². The maximum absolute atomic E-state index is 9.71. The number of likely N-dealkylation sites (tertiary alicyclic amines) is 1. The van der Waals surface area contributed by atoms with Crippen LogP contribution in [0.1, 0.15) is 32.6 Å². The van der Waals surface area contributed by atoms with Gasteiger partial charge in [0.05, 0.1) is 6.61 Å². The molecule has 0 aromatic carbocycles. The van der Waals surface area contributed by atoms with Crippen LogP contribution < -0.4 is 5.32 Å². The minimum Gasteiger partial charge on any atom is -0.394 e. The lowest BCUT2D eigenvalue weighted by molar-refractivity contribution is 0.0709. The Morgan fingerprint density at radius 1 is 1.37 bits per heavy atom. The van der Waals surface area contributed by atoms with Crippen molar-refractivity contribution in [1.29, 1.82) is 0 Å². The number of aliphatic hydroxyl groups is 1. The van der Waals surface area contributed by atoms with E-state index in [1.165, 1.54) is 25.9 Å². The van der Waals surface area contributed by atoms with Crippen LogP contribution in [-0.2, 0) is 0 Å². The van der Waals surface area contributed by atoms with Crippen molar-refractivity contribution in [3.63, 3.8) is 0 Å². The molecule has 0 amide bonds. The van der Waals surface area contributed by atoms with E-state index in [1.807, 2.05) is 7.05 Å². The van der Waals surface area contributed by atoms with Crippen LogP contribution in [0.3, 0.4) is 0 Å². The van der Waals surface area contributed by atoms with E-state index in [9.17, 15) is 5.11 Å². The molecule has 0 bridgehead atoms. The Kier molecular flexibility index (Phi) is 4.88. The van der Waals surface area contributed by atoms with E-state index >= 15 is 0 Å². The molecule has 1 aliphatic heterocycles. The fourth-order valence-corrected chi connectivity index (χ4v) is 4.05. The largest absolute Gasteiger partial charge is 0.394 e. The summed E-state index contributed by atoms with van der Waals surface area (Å²) in [5.41, 5.74) is -0.0393. The molecule has 0 spiro atoms. The van der Waals surface area contributed by atoms with E-state index in [2.05, 4.69) is 36.1 Å². The Bertz CT molecular complexity index is 291. The summed E-state index contributed by atoms with van der Waals surface area (Å²) >= 11 is 0. The summed E-state index contributed by atoms with van der Waals surface area (Å²) < 4.78 is 0. The molecule has 2 rings (SSSR count). The Hall–Kier alpha value is -0.160. The molecule has 4 nitrogen and oxygen atoms in total. The van der Waals surface area contributed by atoms with Gasteiger partial charge < -0.3 is 15.3 Å². The second-order valence-corrected chi connectivity index (χ2v) is 6.90. The molecule has 0 radical (unpaired) electrons. The maximum Gasteiger partial charge on any atom is 0.0613 e. The Morgan fingerprint density at radius 2 is 2.11 bits per heavy atom. The minimum absolute atomic E-state index is 0.0393. The summed E-state index contributed by atoms with van der Waals surface area (Å²) in [7, 11) is 6.38. The van der Waals surface area contributed by atoms with Crippen molar-refractivity contribution >= 4 is 0 Å². The maximum atomic E-state index is 9.71. The molecule has 1 aliphatic carbocycles. The summed E-state index contributed by atoms with van der Waals surface area (Å²) in [6, 6.07) is 1.32. The number of nitrogens with one attached hydrogen (secondary N) is 1. The second kappa shape index (κ2) is 6.08. The van der Waals surface area contributed by atoms with Crippen LogP contribution in [0.2, 0.25) is 0 Å². The predicted octanol–water partition coefficient (Wildman–Crippen LogP) is 0.761. The summed E-state index contributed by atoms with van der Waals surface area (Å²) in [6.45, 7) is 5.02. The molecule has 4 unspecified atom stereocenters. The first kappa shape index (κ1) is 15.2. The first-order valence-electron chi connectivity index (χ1n) is 7.71. The molecular formula is C15H31N3O. The van der Waals surface area contributed by atoms with Gasteiger partial charge in [-0.15, -0.1) is 0 Å². The van der Waals surface area contributed by atoms with Crippen molar-refractivity contribution in [3.8, 4) is 0 Å². The van der Waals surface area contributed by atoms with Gasteiger partial charge in [-0.05, 0) is 52.7 Å². The van der Waals surface area contributed by atoms with Crippen molar-refractivity contribution in [2.24, 2.45) is 5.92 Å². The van der Waals surface area contributed by atoms with Crippen molar-refractivity contribution in [2.45, 2.75) is 50.2 Å². The molecular weight excluding hydrogens is 238 g/mol. The number of rotatable bonds is 4. The highest BCUT2D eigenvalue weighted by Gasteiger charge is 2.40. The highest BCUT2D eigenvalue weighted by atomic mass is 16.3. The Labute approximate surface area is 118 Å². The van der Waals surface area contributed by atoms with E-state index < -0.39 is 0 Å². The molecule has 4 atom stereocenters. The van der Waals surface area contributed by atoms with Gasteiger partial charge in [0.15, 0.2) is 0 Å². The van der Waals surface area contributed by atoms with E-state index in [4.69, 9.17) is 0 Å². The average Bonchev–Trinajstić information content (AvgIpc) is 2.81. The highest BCUT2D eigenvalue weighted by Crippen LogP contribution is 2.34. The van der Waals surface area contributed by atoms with Crippen LogP contribution in [0.25, 0.3) is 0 Å². The van der Waals surface area contributed by atoms with Gasteiger partial charge in [-0.2, -0.15) is 0 Å². The number of nitrogens with zero attached hydrogens (tertiary/aromatic N) is 2. The second-order valence-electron chi connectivity index (χ2n) is 6.90. The number of aliphatic hydroxyl groups excluding tert-OH is 1. The zero-order valence-corrected chi connectivity index (χ0v) is 13.0. The summed E-state index contributed by atoms with van der Waals surface area (Å²) in [4.78, 5) is 5.03. The summed E-state index contributed by atoms with van der Waals surface area (Å²) in [5.74, 6) is 0.745. The van der Waals surface area contributed by atoms with Crippen molar-refractivity contribution in [1.82, 2.24) is 15.1 Å².